The average molecular weight is 367 g/mol. The van der Waals surface area contributed by atoms with Gasteiger partial charge in [-0.25, -0.2) is 9.97 Å². The second kappa shape index (κ2) is 9.09. The van der Waals surface area contributed by atoms with Crippen molar-refractivity contribution >= 4 is 5.91 Å². The van der Waals surface area contributed by atoms with Crippen molar-refractivity contribution in [2.75, 3.05) is 19.6 Å². The summed E-state index contributed by atoms with van der Waals surface area (Å²) in [7, 11) is 0. The molecule has 0 N–H and O–H groups in total. The Morgan fingerprint density at radius 3 is 2.59 bits per heavy atom. The lowest BCUT2D eigenvalue weighted by molar-refractivity contribution is 0.0770. The zero-order chi connectivity index (χ0) is 19.2. The van der Waals surface area contributed by atoms with Gasteiger partial charge in [0.2, 0.25) is 0 Å². The molecule has 1 saturated heterocycles. The van der Waals surface area contributed by atoms with Gasteiger partial charge in [-0.2, -0.15) is 0 Å². The summed E-state index contributed by atoms with van der Waals surface area (Å²) in [5.74, 6) is 0.869. The van der Waals surface area contributed by atoms with Crippen LogP contribution in [0.15, 0.2) is 36.5 Å². The molecule has 0 saturated carbocycles. The minimum Gasteiger partial charge on any atom is -0.339 e. The topological polar surface area (TPSA) is 49.3 Å². The molecule has 0 bridgehead atoms. The van der Waals surface area contributed by atoms with Crippen LogP contribution in [0.25, 0.3) is 0 Å². The van der Waals surface area contributed by atoms with Crippen molar-refractivity contribution < 1.29 is 4.79 Å². The van der Waals surface area contributed by atoms with Crippen molar-refractivity contribution in [1.82, 2.24) is 19.8 Å². The van der Waals surface area contributed by atoms with Crippen LogP contribution in [0.4, 0.5) is 0 Å². The summed E-state index contributed by atoms with van der Waals surface area (Å²) < 4.78 is 0. The highest BCUT2D eigenvalue weighted by atomic mass is 16.2. The van der Waals surface area contributed by atoms with Gasteiger partial charge in [0.25, 0.3) is 5.91 Å². The van der Waals surface area contributed by atoms with Crippen LogP contribution >= 0.6 is 0 Å². The van der Waals surface area contributed by atoms with Gasteiger partial charge in [0.15, 0.2) is 0 Å². The molecule has 144 valence electrons. The largest absolute Gasteiger partial charge is 0.339 e. The third kappa shape index (κ3) is 4.53. The van der Waals surface area contributed by atoms with Crippen LogP contribution in [-0.4, -0.2) is 45.3 Å². The number of rotatable bonds is 6. The van der Waals surface area contributed by atoms with E-state index >= 15 is 0 Å². The molecule has 0 aliphatic carbocycles. The Balaban J connectivity index is 1.81. The normalized spacial score (nSPS) is 17.7. The first-order chi connectivity index (χ1) is 13.1. The molecule has 2 aromatic rings. The van der Waals surface area contributed by atoms with Crippen LogP contribution in [0.1, 0.15) is 66.6 Å². The summed E-state index contributed by atoms with van der Waals surface area (Å²) in [4.78, 5) is 26.3. The van der Waals surface area contributed by atoms with Gasteiger partial charge in [-0.1, -0.05) is 36.8 Å². The second-order valence-corrected chi connectivity index (χ2v) is 7.17. The van der Waals surface area contributed by atoms with E-state index in [2.05, 4.69) is 40.2 Å². The van der Waals surface area contributed by atoms with Gasteiger partial charge in [-0.05, 0) is 45.7 Å². The molecule has 5 heteroatoms. The van der Waals surface area contributed by atoms with Crippen LogP contribution in [0.2, 0.25) is 0 Å². The fraction of sp³-hybridized carbons (Fsp3) is 0.500. The predicted molar refractivity (Wildman–Crippen MR) is 107 cm³/mol. The minimum atomic E-state index is 0.0221. The monoisotopic (exact) mass is 366 g/mol. The Kier molecular flexibility index (Phi) is 6.56. The molecule has 1 aromatic carbocycles. The maximum atomic E-state index is 12.7. The van der Waals surface area contributed by atoms with Crippen molar-refractivity contribution in [1.29, 1.82) is 0 Å². The van der Waals surface area contributed by atoms with E-state index in [-0.39, 0.29) is 11.9 Å². The number of benzene rings is 1. The number of hydrogen-bond acceptors (Lipinski definition) is 4. The SMILES string of the molecule is CCN(CC)C(=O)c1cnc([C@@H]2CCCCN2Cc2ccccc2)nc1C. The summed E-state index contributed by atoms with van der Waals surface area (Å²) in [6.07, 6.45) is 5.20. The van der Waals surface area contributed by atoms with Crippen LogP contribution in [-0.2, 0) is 6.54 Å². The lowest BCUT2D eigenvalue weighted by Gasteiger charge is -2.35. The second-order valence-electron chi connectivity index (χ2n) is 7.17. The van der Waals surface area contributed by atoms with Crippen molar-refractivity contribution in [3.63, 3.8) is 0 Å². The highest BCUT2D eigenvalue weighted by Gasteiger charge is 2.27. The van der Waals surface area contributed by atoms with E-state index in [0.29, 0.717) is 18.7 Å². The zero-order valence-electron chi connectivity index (χ0n) is 16.7. The van der Waals surface area contributed by atoms with E-state index < -0.39 is 0 Å². The summed E-state index contributed by atoms with van der Waals surface area (Å²) in [6, 6.07) is 10.8. The zero-order valence-corrected chi connectivity index (χ0v) is 16.7. The van der Waals surface area contributed by atoms with Crippen LogP contribution in [0, 0.1) is 6.92 Å². The van der Waals surface area contributed by atoms with Gasteiger partial charge >= 0.3 is 0 Å². The van der Waals surface area contributed by atoms with Crippen LogP contribution < -0.4 is 0 Å². The molecule has 27 heavy (non-hydrogen) atoms. The van der Waals surface area contributed by atoms with Crippen molar-refractivity contribution in [3.05, 3.63) is 59.2 Å². The molecule has 1 aromatic heterocycles. The average Bonchev–Trinajstić information content (AvgIpc) is 2.70. The number of piperidine rings is 1. The number of hydrogen-bond donors (Lipinski definition) is 0. The predicted octanol–water partition coefficient (Wildman–Crippen LogP) is 3.99. The summed E-state index contributed by atoms with van der Waals surface area (Å²) >= 11 is 0. The third-order valence-electron chi connectivity index (χ3n) is 5.42. The fourth-order valence-corrected chi connectivity index (χ4v) is 3.83. The van der Waals surface area contributed by atoms with Crippen LogP contribution in [0.3, 0.4) is 0 Å². The summed E-state index contributed by atoms with van der Waals surface area (Å²) in [5.41, 5.74) is 2.71. The Morgan fingerprint density at radius 1 is 1.19 bits per heavy atom. The maximum absolute atomic E-state index is 12.7. The molecule has 0 spiro atoms. The highest BCUT2D eigenvalue weighted by molar-refractivity contribution is 5.94. The number of nitrogens with zero attached hydrogens (tertiary/aromatic N) is 4. The third-order valence-corrected chi connectivity index (χ3v) is 5.42. The molecule has 0 unspecified atom stereocenters. The molecule has 3 rings (SSSR count). The number of amides is 1. The Hall–Kier alpha value is -2.27. The molecular weight excluding hydrogens is 336 g/mol. The number of carbonyl (C=O) groups is 1. The van der Waals surface area contributed by atoms with Gasteiger partial charge in [-0.15, -0.1) is 0 Å². The van der Waals surface area contributed by atoms with Crippen molar-refractivity contribution in [2.24, 2.45) is 0 Å². The molecule has 1 fully saturated rings. The van der Waals surface area contributed by atoms with Crippen LogP contribution in [0.5, 0.6) is 0 Å². The lowest BCUT2D eigenvalue weighted by atomic mass is 10.00. The standard InChI is InChI=1S/C22H30N4O/c1-4-25(5-2)22(27)19-15-23-21(24-17(19)3)20-13-9-10-14-26(20)16-18-11-7-6-8-12-18/h6-8,11-12,15,20H,4-5,9-10,13-14,16H2,1-3H3/t20-/m0/s1. The Morgan fingerprint density at radius 2 is 1.93 bits per heavy atom. The minimum absolute atomic E-state index is 0.0221. The molecule has 2 heterocycles. The van der Waals surface area contributed by atoms with Gasteiger partial charge in [-0.3, -0.25) is 9.69 Å². The van der Waals surface area contributed by atoms with E-state index in [1.54, 1.807) is 6.20 Å². The molecule has 0 radical (unpaired) electrons. The van der Waals surface area contributed by atoms with E-state index in [9.17, 15) is 4.79 Å². The molecule has 1 amide bonds. The number of carbonyl (C=O) groups excluding carboxylic acids is 1. The fourth-order valence-electron chi connectivity index (χ4n) is 3.83. The number of likely N-dealkylation sites (tertiary alicyclic amines) is 1. The molecule has 1 aliphatic heterocycles. The molecule has 5 nitrogen and oxygen atoms in total. The Bertz CT molecular complexity index is 758. The highest BCUT2D eigenvalue weighted by Crippen LogP contribution is 2.30. The van der Waals surface area contributed by atoms with Crippen molar-refractivity contribution in [3.8, 4) is 0 Å². The molecular formula is C22H30N4O. The molecule has 1 aliphatic rings. The van der Waals surface area contributed by atoms with Gasteiger partial charge in [0.05, 0.1) is 17.3 Å². The van der Waals surface area contributed by atoms with Crippen molar-refractivity contribution in [2.45, 2.75) is 52.6 Å². The van der Waals surface area contributed by atoms with Gasteiger partial charge in [0.1, 0.15) is 5.82 Å². The Labute approximate surface area is 162 Å². The first-order valence-electron chi connectivity index (χ1n) is 10.0. The van der Waals surface area contributed by atoms with E-state index in [0.717, 1.165) is 31.0 Å². The van der Waals surface area contributed by atoms with E-state index in [1.165, 1.54) is 18.4 Å². The first-order valence-corrected chi connectivity index (χ1v) is 10.0. The summed E-state index contributed by atoms with van der Waals surface area (Å²) in [5, 5.41) is 0. The molecule has 1 atom stereocenters. The number of aromatic nitrogens is 2. The van der Waals surface area contributed by atoms with E-state index in [1.807, 2.05) is 25.7 Å². The quantitative estimate of drug-likeness (QED) is 0.775. The maximum Gasteiger partial charge on any atom is 0.257 e. The first kappa shape index (κ1) is 19.5. The van der Waals surface area contributed by atoms with Gasteiger partial charge in [0, 0.05) is 25.8 Å². The van der Waals surface area contributed by atoms with Gasteiger partial charge < -0.3 is 4.90 Å². The lowest BCUT2D eigenvalue weighted by Crippen LogP contribution is -2.35. The van der Waals surface area contributed by atoms with E-state index in [4.69, 9.17) is 4.98 Å². The summed E-state index contributed by atoms with van der Waals surface area (Å²) in [6.45, 7) is 9.28. The smallest absolute Gasteiger partial charge is 0.257 e. The number of aryl methyl sites for hydroxylation is 1.